The van der Waals surface area contributed by atoms with Gasteiger partial charge in [-0.15, -0.1) is 6.58 Å². The molecule has 0 radical (unpaired) electrons. The van der Waals surface area contributed by atoms with E-state index in [0.29, 0.717) is 0 Å². The molecule has 0 atom stereocenters. The minimum absolute atomic E-state index is 0.206. The van der Waals surface area contributed by atoms with Gasteiger partial charge in [0.25, 0.3) is 0 Å². The number of sulfonamides is 1. The molecule has 1 rings (SSSR count). The number of carboxylic acids is 1. The van der Waals surface area contributed by atoms with Crippen molar-refractivity contribution in [2.75, 3.05) is 10.5 Å². The third kappa shape index (κ3) is 3.56. The van der Waals surface area contributed by atoms with E-state index in [0.717, 1.165) is 24.3 Å². The van der Waals surface area contributed by atoms with Gasteiger partial charge in [0.1, 0.15) is 5.82 Å². The fourth-order valence-electron chi connectivity index (χ4n) is 1.10. The first-order chi connectivity index (χ1) is 7.85. The Hall–Kier alpha value is -1.89. The Morgan fingerprint density at radius 1 is 1.53 bits per heavy atom. The number of carbonyl (C=O) groups is 1. The predicted octanol–water partition coefficient (Wildman–Crippen LogP) is 1.45. The van der Waals surface area contributed by atoms with Crippen LogP contribution in [0.1, 0.15) is 10.4 Å². The predicted molar refractivity (Wildman–Crippen MR) is 61.0 cm³/mol. The maximum Gasteiger partial charge on any atom is 0.335 e. The minimum atomic E-state index is -3.75. The van der Waals surface area contributed by atoms with Gasteiger partial charge in [0.2, 0.25) is 10.0 Å². The first-order valence-electron chi connectivity index (χ1n) is 4.50. The zero-order chi connectivity index (χ0) is 13.1. The molecule has 5 nitrogen and oxygen atoms in total. The number of nitrogens with one attached hydrogen (secondary N) is 1. The minimum Gasteiger partial charge on any atom is -0.478 e. The van der Waals surface area contributed by atoms with Crippen LogP contribution in [0, 0.1) is 5.82 Å². The number of halogens is 1. The molecule has 0 unspecified atom stereocenters. The van der Waals surface area contributed by atoms with Crippen LogP contribution in [-0.2, 0) is 10.0 Å². The molecule has 0 fully saturated rings. The highest BCUT2D eigenvalue weighted by atomic mass is 32.2. The first kappa shape index (κ1) is 13.2. The van der Waals surface area contributed by atoms with Gasteiger partial charge in [0.15, 0.2) is 0 Å². The lowest BCUT2D eigenvalue weighted by atomic mass is 10.2. The number of hydrogen-bond donors (Lipinski definition) is 2. The lowest BCUT2D eigenvalue weighted by Crippen LogP contribution is -2.16. The van der Waals surface area contributed by atoms with Gasteiger partial charge in [-0.25, -0.2) is 17.6 Å². The maximum atomic E-state index is 13.3. The van der Waals surface area contributed by atoms with Crippen molar-refractivity contribution in [1.82, 2.24) is 0 Å². The molecule has 0 saturated heterocycles. The summed E-state index contributed by atoms with van der Waals surface area (Å²) >= 11 is 0. The van der Waals surface area contributed by atoms with Gasteiger partial charge in [0.05, 0.1) is 17.0 Å². The van der Waals surface area contributed by atoms with Crippen molar-refractivity contribution in [2.24, 2.45) is 0 Å². The molecule has 0 saturated carbocycles. The molecular weight excluding hydrogens is 249 g/mol. The summed E-state index contributed by atoms with van der Waals surface area (Å²) in [5.41, 5.74) is -0.602. The number of benzene rings is 1. The van der Waals surface area contributed by atoms with Crippen LogP contribution in [0.15, 0.2) is 30.9 Å². The summed E-state index contributed by atoms with van der Waals surface area (Å²) in [6.07, 6.45) is 1.14. The monoisotopic (exact) mass is 259 g/mol. The fraction of sp³-hybridized carbons (Fsp3) is 0.100. The van der Waals surface area contributed by atoms with Crippen LogP contribution < -0.4 is 4.72 Å². The van der Waals surface area contributed by atoms with Crippen LogP contribution in [0.4, 0.5) is 10.1 Å². The summed E-state index contributed by atoms with van der Waals surface area (Å²) in [5.74, 6) is -2.50. The van der Waals surface area contributed by atoms with E-state index < -0.39 is 27.5 Å². The zero-order valence-electron chi connectivity index (χ0n) is 8.68. The van der Waals surface area contributed by atoms with Gasteiger partial charge < -0.3 is 5.11 Å². The molecule has 2 N–H and O–H groups in total. The van der Waals surface area contributed by atoms with Crippen LogP contribution in [0.2, 0.25) is 0 Å². The molecule has 7 heteroatoms. The van der Waals surface area contributed by atoms with Crippen LogP contribution in [0.5, 0.6) is 0 Å². The Balaban J connectivity index is 3.10. The molecular formula is C10H10FNO4S. The van der Waals surface area contributed by atoms with Crippen LogP contribution in [0.3, 0.4) is 0 Å². The summed E-state index contributed by atoms with van der Waals surface area (Å²) in [7, 11) is -3.75. The molecule has 0 spiro atoms. The molecule has 1 aromatic carbocycles. The third-order valence-corrected chi connectivity index (χ3v) is 3.02. The van der Waals surface area contributed by atoms with Crippen LogP contribution in [-0.4, -0.2) is 25.2 Å². The van der Waals surface area contributed by atoms with Crippen LogP contribution >= 0.6 is 0 Å². The molecule has 1 aromatic rings. The molecule has 0 aliphatic carbocycles. The van der Waals surface area contributed by atoms with Crippen molar-refractivity contribution >= 4 is 21.7 Å². The lowest BCUT2D eigenvalue weighted by Gasteiger charge is -2.07. The Morgan fingerprint density at radius 2 is 2.18 bits per heavy atom. The number of anilines is 1. The molecule has 0 heterocycles. The average Bonchev–Trinajstić information content (AvgIpc) is 2.20. The maximum absolute atomic E-state index is 13.3. The second-order valence-electron chi connectivity index (χ2n) is 3.17. The molecule has 0 aliphatic heterocycles. The average molecular weight is 259 g/mol. The second kappa shape index (κ2) is 4.96. The summed E-state index contributed by atoms with van der Waals surface area (Å²) in [6, 6.07) is 2.84. The third-order valence-electron chi connectivity index (χ3n) is 1.82. The summed E-state index contributed by atoms with van der Waals surface area (Å²) in [4.78, 5) is 10.6. The van der Waals surface area contributed by atoms with Gasteiger partial charge in [-0.2, -0.15) is 0 Å². The second-order valence-corrected chi connectivity index (χ2v) is 4.94. The fourth-order valence-corrected chi connectivity index (χ4v) is 1.99. The van der Waals surface area contributed by atoms with E-state index in [1.54, 1.807) is 0 Å². The van der Waals surface area contributed by atoms with Crippen molar-refractivity contribution in [3.05, 3.63) is 42.2 Å². The quantitative estimate of drug-likeness (QED) is 0.784. The van der Waals surface area contributed by atoms with E-state index in [9.17, 15) is 17.6 Å². The van der Waals surface area contributed by atoms with Gasteiger partial charge in [0, 0.05) is 0 Å². The highest BCUT2D eigenvalue weighted by molar-refractivity contribution is 7.92. The Morgan fingerprint density at radius 3 is 2.71 bits per heavy atom. The van der Waals surface area contributed by atoms with Gasteiger partial charge >= 0.3 is 5.97 Å². The SMILES string of the molecule is C=CCS(=O)(=O)Nc1cc(C(=O)O)ccc1F. The van der Waals surface area contributed by atoms with E-state index in [-0.39, 0.29) is 11.3 Å². The topological polar surface area (TPSA) is 83.5 Å². The Kier molecular flexibility index (Phi) is 3.84. The highest BCUT2D eigenvalue weighted by Crippen LogP contribution is 2.17. The van der Waals surface area contributed by atoms with Crippen molar-refractivity contribution in [2.45, 2.75) is 0 Å². The molecule has 17 heavy (non-hydrogen) atoms. The first-order valence-corrected chi connectivity index (χ1v) is 6.15. The highest BCUT2D eigenvalue weighted by Gasteiger charge is 2.13. The molecule has 0 aliphatic rings. The largest absolute Gasteiger partial charge is 0.478 e. The Labute approximate surface area is 97.6 Å². The van der Waals surface area contributed by atoms with Crippen LogP contribution in [0.25, 0.3) is 0 Å². The lowest BCUT2D eigenvalue weighted by molar-refractivity contribution is 0.0697. The Bertz CT molecular complexity index is 553. The van der Waals surface area contributed by atoms with Gasteiger partial charge in [-0.1, -0.05) is 6.08 Å². The van der Waals surface area contributed by atoms with Crippen molar-refractivity contribution < 1.29 is 22.7 Å². The van der Waals surface area contributed by atoms with Crippen molar-refractivity contribution in [3.8, 4) is 0 Å². The summed E-state index contributed by atoms with van der Waals surface area (Å²) in [5, 5.41) is 8.69. The summed E-state index contributed by atoms with van der Waals surface area (Å²) < 4.78 is 37.9. The van der Waals surface area contributed by atoms with Gasteiger partial charge in [-0.05, 0) is 18.2 Å². The number of aromatic carboxylic acids is 1. The van der Waals surface area contributed by atoms with E-state index in [2.05, 4.69) is 6.58 Å². The van der Waals surface area contributed by atoms with Gasteiger partial charge in [-0.3, -0.25) is 4.72 Å². The van der Waals surface area contributed by atoms with Crippen molar-refractivity contribution in [1.29, 1.82) is 0 Å². The normalized spacial score (nSPS) is 10.9. The standard InChI is InChI=1S/C10H10FNO4S/c1-2-5-17(15,16)12-9-6-7(10(13)14)3-4-8(9)11/h2-4,6,12H,1,5H2,(H,13,14). The van der Waals surface area contributed by atoms with E-state index in [1.165, 1.54) is 0 Å². The number of carboxylic acid groups (broad SMARTS) is 1. The van der Waals surface area contributed by atoms with E-state index in [4.69, 9.17) is 5.11 Å². The number of hydrogen-bond acceptors (Lipinski definition) is 3. The molecule has 0 amide bonds. The zero-order valence-corrected chi connectivity index (χ0v) is 9.50. The van der Waals surface area contributed by atoms with Crippen molar-refractivity contribution in [3.63, 3.8) is 0 Å². The van der Waals surface area contributed by atoms with E-state index >= 15 is 0 Å². The smallest absolute Gasteiger partial charge is 0.335 e. The molecule has 0 bridgehead atoms. The van der Waals surface area contributed by atoms with E-state index in [1.807, 2.05) is 4.72 Å². The number of rotatable bonds is 5. The molecule has 0 aromatic heterocycles. The molecule has 92 valence electrons. The summed E-state index contributed by atoms with van der Waals surface area (Å²) in [6.45, 7) is 3.25.